The summed E-state index contributed by atoms with van der Waals surface area (Å²) in [7, 11) is 0. The highest BCUT2D eigenvalue weighted by molar-refractivity contribution is 6.01. The number of hydrogen-bond donors (Lipinski definition) is 1. The fraction of sp³-hybridized carbons (Fsp3) is 0.176. The highest BCUT2D eigenvalue weighted by Crippen LogP contribution is 2.19. The third-order valence-corrected chi connectivity index (χ3v) is 2.85. The number of rotatable bonds is 6. The fourth-order valence-corrected chi connectivity index (χ4v) is 1.74. The van der Waals surface area contributed by atoms with Crippen molar-refractivity contribution < 1.29 is 9.53 Å². The topological polar surface area (TPSA) is 87.9 Å². The van der Waals surface area contributed by atoms with Gasteiger partial charge in [0.1, 0.15) is 17.4 Å². The number of carbonyl (C=O) groups excluding carboxylic acids is 1. The molecule has 23 heavy (non-hydrogen) atoms. The van der Waals surface area contributed by atoms with Crippen LogP contribution in [0, 0.1) is 11.3 Å². The predicted octanol–water partition coefficient (Wildman–Crippen LogP) is 2.70. The monoisotopic (exact) mass is 308 g/mol. The average molecular weight is 308 g/mol. The summed E-state index contributed by atoms with van der Waals surface area (Å²) in [5, 5.41) is 11.8. The minimum atomic E-state index is -0.366. The molecule has 0 spiro atoms. The van der Waals surface area contributed by atoms with E-state index in [4.69, 9.17) is 10.00 Å². The van der Waals surface area contributed by atoms with Crippen LogP contribution in [0.2, 0.25) is 0 Å². The molecule has 0 saturated carbocycles. The summed E-state index contributed by atoms with van der Waals surface area (Å²) in [5.41, 5.74) is 0.806. The summed E-state index contributed by atoms with van der Waals surface area (Å²) < 4.78 is 5.53. The van der Waals surface area contributed by atoms with Crippen LogP contribution in [0.25, 0.3) is 6.08 Å². The maximum Gasteiger partial charge on any atom is 0.261 e. The summed E-state index contributed by atoms with van der Waals surface area (Å²) >= 11 is 0. The van der Waals surface area contributed by atoms with Crippen molar-refractivity contribution in [1.82, 2.24) is 15.3 Å². The molecule has 2 rings (SSSR count). The third kappa shape index (κ3) is 4.93. The molecular formula is C17H16N4O2. The highest BCUT2D eigenvalue weighted by Gasteiger charge is 2.07. The Morgan fingerprint density at radius 2 is 2.13 bits per heavy atom. The van der Waals surface area contributed by atoms with E-state index in [2.05, 4.69) is 15.3 Å². The van der Waals surface area contributed by atoms with E-state index >= 15 is 0 Å². The van der Waals surface area contributed by atoms with Crippen LogP contribution in [0.1, 0.15) is 18.9 Å². The van der Waals surface area contributed by atoms with Gasteiger partial charge in [-0.2, -0.15) is 5.26 Å². The molecule has 116 valence electrons. The second-order valence-corrected chi connectivity index (χ2v) is 4.64. The number of nitrogens with one attached hydrogen (secondary N) is 1. The van der Waals surface area contributed by atoms with Crippen LogP contribution >= 0.6 is 0 Å². The molecular weight excluding hydrogens is 292 g/mol. The van der Waals surface area contributed by atoms with Crippen molar-refractivity contribution in [1.29, 1.82) is 5.26 Å². The lowest BCUT2D eigenvalue weighted by Gasteiger charge is -2.04. The molecule has 6 heteroatoms. The third-order valence-electron chi connectivity index (χ3n) is 2.85. The zero-order valence-electron chi connectivity index (χ0n) is 12.7. The van der Waals surface area contributed by atoms with Crippen molar-refractivity contribution in [3.8, 4) is 17.7 Å². The van der Waals surface area contributed by atoms with Gasteiger partial charge < -0.3 is 10.1 Å². The van der Waals surface area contributed by atoms with Crippen LogP contribution in [-0.2, 0) is 4.79 Å². The Morgan fingerprint density at radius 1 is 1.35 bits per heavy atom. The molecule has 1 N–H and O–H groups in total. The lowest BCUT2D eigenvalue weighted by molar-refractivity contribution is -0.117. The van der Waals surface area contributed by atoms with E-state index in [1.807, 2.05) is 13.0 Å². The lowest BCUT2D eigenvalue weighted by atomic mass is 10.1. The quantitative estimate of drug-likeness (QED) is 0.655. The summed E-state index contributed by atoms with van der Waals surface area (Å²) in [5.74, 6) is 0.623. The van der Waals surface area contributed by atoms with Crippen LogP contribution in [0.5, 0.6) is 11.6 Å². The van der Waals surface area contributed by atoms with Gasteiger partial charge in [-0.25, -0.2) is 4.98 Å². The molecule has 0 aliphatic heterocycles. The summed E-state index contributed by atoms with van der Waals surface area (Å²) in [6.07, 6.45) is 6.98. The Hall–Kier alpha value is -3.20. The van der Waals surface area contributed by atoms with E-state index in [-0.39, 0.29) is 11.5 Å². The average Bonchev–Trinajstić information content (AvgIpc) is 2.60. The van der Waals surface area contributed by atoms with Gasteiger partial charge in [0.25, 0.3) is 5.91 Å². The Labute approximate surface area is 134 Å². The molecule has 1 aromatic heterocycles. The molecule has 1 aromatic carbocycles. The zero-order valence-corrected chi connectivity index (χ0v) is 12.7. The molecule has 1 heterocycles. The Morgan fingerprint density at radius 3 is 2.74 bits per heavy atom. The van der Waals surface area contributed by atoms with Gasteiger partial charge in [0.2, 0.25) is 5.88 Å². The van der Waals surface area contributed by atoms with Crippen molar-refractivity contribution in [2.24, 2.45) is 0 Å². The van der Waals surface area contributed by atoms with Crippen LogP contribution < -0.4 is 10.1 Å². The molecule has 2 aromatic rings. The van der Waals surface area contributed by atoms with Gasteiger partial charge in [-0.1, -0.05) is 19.1 Å². The Kier molecular flexibility index (Phi) is 5.83. The van der Waals surface area contributed by atoms with Crippen molar-refractivity contribution in [2.75, 3.05) is 6.54 Å². The first-order chi connectivity index (χ1) is 11.2. The van der Waals surface area contributed by atoms with Crippen LogP contribution in [0.3, 0.4) is 0 Å². The first-order valence-electron chi connectivity index (χ1n) is 7.17. The normalized spacial score (nSPS) is 10.7. The number of carbonyl (C=O) groups is 1. The number of amides is 1. The van der Waals surface area contributed by atoms with E-state index in [0.717, 1.165) is 12.0 Å². The minimum absolute atomic E-state index is 0.0704. The van der Waals surface area contributed by atoms with Gasteiger partial charge in [0.15, 0.2) is 0 Å². The summed E-state index contributed by atoms with van der Waals surface area (Å²) in [6, 6.07) is 8.90. The van der Waals surface area contributed by atoms with Crippen molar-refractivity contribution in [2.45, 2.75) is 13.3 Å². The predicted molar refractivity (Wildman–Crippen MR) is 85.4 cm³/mol. The molecule has 0 unspecified atom stereocenters. The smallest absolute Gasteiger partial charge is 0.261 e. The summed E-state index contributed by atoms with van der Waals surface area (Å²) in [6.45, 7) is 2.49. The number of nitrogens with zero attached hydrogens (tertiary/aromatic N) is 3. The van der Waals surface area contributed by atoms with Gasteiger partial charge in [-0.15, -0.1) is 0 Å². The lowest BCUT2D eigenvalue weighted by Crippen LogP contribution is -2.25. The van der Waals surface area contributed by atoms with Crippen LogP contribution in [0.15, 0.2) is 48.4 Å². The van der Waals surface area contributed by atoms with Gasteiger partial charge in [0, 0.05) is 18.9 Å². The molecule has 0 aliphatic carbocycles. The first-order valence-corrected chi connectivity index (χ1v) is 7.17. The standard InChI is InChI=1S/C17H16N4O2/c1-2-7-21-17(22)14(11-18)10-13-3-5-15(6-4-13)23-16-12-19-8-9-20-16/h3-6,8-10,12H,2,7H2,1H3,(H,21,22). The number of aromatic nitrogens is 2. The Bertz CT molecular complexity index is 719. The van der Waals surface area contributed by atoms with Crippen molar-refractivity contribution in [3.05, 3.63) is 54.0 Å². The van der Waals surface area contributed by atoms with Gasteiger partial charge in [-0.05, 0) is 30.2 Å². The number of ether oxygens (including phenoxy) is 1. The largest absolute Gasteiger partial charge is 0.438 e. The first kappa shape index (κ1) is 16.2. The van der Waals surface area contributed by atoms with E-state index in [1.54, 1.807) is 36.7 Å². The van der Waals surface area contributed by atoms with Gasteiger partial charge in [0.05, 0.1) is 6.20 Å². The second-order valence-electron chi connectivity index (χ2n) is 4.64. The second kappa shape index (κ2) is 8.29. The number of benzene rings is 1. The minimum Gasteiger partial charge on any atom is -0.438 e. The van der Waals surface area contributed by atoms with E-state index < -0.39 is 0 Å². The molecule has 1 amide bonds. The maximum absolute atomic E-state index is 11.8. The maximum atomic E-state index is 11.8. The Balaban J connectivity index is 2.08. The van der Waals surface area contributed by atoms with Crippen LogP contribution in [0.4, 0.5) is 0 Å². The van der Waals surface area contributed by atoms with Crippen molar-refractivity contribution in [3.63, 3.8) is 0 Å². The molecule has 0 bridgehead atoms. The number of nitriles is 1. The molecule has 0 atom stereocenters. The van der Waals surface area contributed by atoms with Gasteiger partial charge >= 0.3 is 0 Å². The highest BCUT2D eigenvalue weighted by atomic mass is 16.5. The molecule has 6 nitrogen and oxygen atoms in total. The SMILES string of the molecule is CCCNC(=O)C(C#N)=Cc1ccc(Oc2cnccn2)cc1. The number of hydrogen-bond acceptors (Lipinski definition) is 5. The molecule has 0 aliphatic rings. The summed E-state index contributed by atoms with van der Waals surface area (Å²) in [4.78, 5) is 19.7. The van der Waals surface area contributed by atoms with E-state index in [1.165, 1.54) is 12.3 Å². The van der Waals surface area contributed by atoms with E-state index in [0.29, 0.717) is 18.2 Å². The molecule has 0 fully saturated rings. The van der Waals surface area contributed by atoms with E-state index in [9.17, 15) is 4.79 Å². The van der Waals surface area contributed by atoms with Crippen molar-refractivity contribution >= 4 is 12.0 Å². The molecule has 0 saturated heterocycles. The zero-order chi connectivity index (χ0) is 16.5. The van der Waals surface area contributed by atoms with Crippen LogP contribution in [-0.4, -0.2) is 22.4 Å². The molecule has 0 radical (unpaired) electrons. The fourth-order valence-electron chi connectivity index (χ4n) is 1.74. The van der Waals surface area contributed by atoms with Gasteiger partial charge in [-0.3, -0.25) is 9.78 Å².